The number of halogens is 6. The molecule has 0 aliphatic carbocycles. The van der Waals surface area contributed by atoms with Crippen LogP contribution in [-0.2, 0) is 18.9 Å². The van der Waals surface area contributed by atoms with Gasteiger partial charge in [-0.3, -0.25) is 15.1 Å². The zero-order valence-corrected chi connectivity index (χ0v) is 19.1. The third-order valence-corrected chi connectivity index (χ3v) is 5.11. The van der Waals surface area contributed by atoms with Gasteiger partial charge in [0.25, 0.3) is 5.56 Å². The van der Waals surface area contributed by atoms with Crippen molar-refractivity contribution in [3.8, 4) is 11.1 Å². The van der Waals surface area contributed by atoms with Crippen molar-refractivity contribution >= 4 is 17.7 Å². The van der Waals surface area contributed by atoms with Gasteiger partial charge in [0.05, 0.1) is 22.4 Å². The predicted octanol–water partition coefficient (Wildman–Crippen LogP) is 4.56. The number of alkyl halides is 6. The van der Waals surface area contributed by atoms with E-state index in [1.165, 1.54) is 18.2 Å². The number of nitrogens with two attached hydrogens (primary N) is 1. The normalized spacial score (nSPS) is 11.9. The van der Waals surface area contributed by atoms with Crippen LogP contribution >= 0.6 is 0 Å². The number of benzene rings is 2. The van der Waals surface area contributed by atoms with Crippen molar-refractivity contribution in [3.63, 3.8) is 0 Å². The van der Waals surface area contributed by atoms with E-state index in [1.807, 2.05) is 5.32 Å². The predicted molar refractivity (Wildman–Crippen MR) is 125 cm³/mol. The molecule has 2 amide bonds. The van der Waals surface area contributed by atoms with Crippen molar-refractivity contribution in [1.82, 2.24) is 15.3 Å². The third-order valence-electron chi connectivity index (χ3n) is 5.11. The summed E-state index contributed by atoms with van der Waals surface area (Å²) in [5.74, 6) is -0.424. The standard InChI is InChI=1S/C23H22F6N6O2/c24-22(25,26)16-4-1-2-5-18(16)33-21(37)35-20-32-12-15(19(36)34-20)13-6-7-14(11-31-9-3-8-30)17(10-13)23(27,28)29/h1-2,4-7,10,12,31H,3,8-9,11,30H2,(H3,32,33,34,35,36,37). The minimum atomic E-state index is -4.72. The first-order chi connectivity index (χ1) is 17.4. The number of amides is 2. The van der Waals surface area contributed by atoms with Crippen LogP contribution in [0, 0.1) is 0 Å². The maximum atomic E-state index is 13.6. The Morgan fingerprint density at radius 3 is 2.32 bits per heavy atom. The van der Waals surface area contributed by atoms with Crippen LogP contribution in [0.5, 0.6) is 0 Å². The zero-order chi connectivity index (χ0) is 27.2. The molecule has 0 aliphatic rings. The first-order valence-electron chi connectivity index (χ1n) is 10.8. The maximum absolute atomic E-state index is 13.6. The molecule has 1 heterocycles. The third kappa shape index (κ3) is 7.30. The molecule has 0 aliphatic heterocycles. The SMILES string of the molecule is NCCCNCc1ccc(-c2cnc(NC(=O)Nc3ccccc3C(F)(F)F)[nH]c2=O)cc1C(F)(F)F. The van der Waals surface area contributed by atoms with E-state index < -0.39 is 46.7 Å². The number of H-pyrrole nitrogens is 1. The van der Waals surface area contributed by atoms with Crippen LogP contribution in [0.4, 0.5) is 42.8 Å². The largest absolute Gasteiger partial charge is 0.418 e. The van der Waals surface area contributed by atoms with Gasteiger partial charge in [0.2, 0.25) is 5.95 Å². The van der Waals surface area contributed by atoms with Gasteiger partial charge in [-0.25, -0.2) is 9.78 Å². The number of anilines is 2. The van der Waals surface area contributed by atoms with Crippen LogP contribution in [0.1, 0.15) is 23.1 Å². The number of rotatable bonds is 8. The van der Waals surface area contributed by atoms with Crippen molar-refractivity contribution < 1.29 is 31.1 Å². The lowest BCUT2D eigenvalue weighted by Crippen LogP contribution is -2.24. The first-order valence-corrected chi connectivity index (χ1v) is 10.8. The highest BCUT2D eigenvalue weighted by Crippen LogP contribution is 2.35. The van der Waals surface area contributed by atoms with E-state index in [2.05, 4.69) is 20.6 Å². The molecule has 14 heteroatoms. The molecule has 0 saturated carbocycles. The Bertz CT molecular complexity index is 1310. The Labute approximate surface area is 206 Å². The van der Waals surface area contributed by atoms with Crippen LogP contribution in [0.3, 0.4) is 0 Å². The molecular weight excluding hydrogens is 506 g/mol. The van der Waals surface area contributed by atoms with Gasteiger partial charge in [0, 0.05) is 12.7 Å². The summed E-state index contributed by atoms with van der Waals surface area (Å²) in [5, 5.41) is 6.97. The highest BCUT2D eigenvalue weighted by molar-refractivity contribution is 5.99. The van der Waals surface area contributed by atoms with Crippen LogP contribution < -0.4 is 27.2 Å². The minimum absolute atomic E-state index is 0.0215. The molecule has 2 aromatic carbocycles. The number of para-hydroxylation sites is 1. The molecule has 3 rings (SSSR count). The van der Waals surface area contributed by atoms with Crippen molar-refractivity contribution in [3.05, 3.63) is 75.7 Å². The van der Waals surface area contributed by atoms with Gasteiger partial charge >= 0.3 is 18.4 Å². The molecule has 0 spiro atoms. The van der Waals surface area contributed by atoms with E-state index in [0.717, 1.165) is 30.5 Å². The van der Waals surface area contributed by atoms with E-state index in [1.54, 1.807) is 0 Å². The fraction of sp³-hybridized carbons (Fsp3) is 0.261. The lowest BCUT2D eigenvalue weighted by Gasteiger charge is -2.15. The monoisotopic (exact) mass is 528 g/mol. The Hall–Kier alpha value is -3.91. The van der Waals surface area contributed by atoms with Gasteiger partial charge in [0.1, 0.15) is 0 Å². The lowest BCUT2D eigenvalue weighted by atomic mass is 10.00. The first kappa shape index (κ1) is 27.7. The van der Waals surface area contributed by atoms with Crippen LogP contribution in [-0.4, -0.2) is 29.1 Å². The molecular formula is C23H22F6N6O2. The summed E-state index contributed by atoms with van der Waals surface area (Å²) in [6, 6.07) is 6.52. The average molecular weight is 528 g/mol. The average Bonchev–Trinajstić information content (AvgIpc) is 2.81. The second kappa shape index (κ2) is 11.4. The number of nitrogens with zero attached hydrogens (tertiary/aromatic N) is 1. The van der Waals surface area contributed by atoms with Gasteiger partial charge in [-0.05, 0) is 48.8 Å². The van der Waals surface area contributed by atoms with E-state index in [9.17, 15) is 35.9 Å². The van der Waals surface area contributed by atoms with Crippen molar-refractivity contribution in [1.29, 1.82) is 0 Å². The van der Waals surface area contributed by atoms with Crippen LogP contribution in [0.15, 0.2) is 53.5 Å². The van der Waals surface area contributed by atoms with Crippen molar-refractivity contribution in [2.75, 3.05) is 23.7 Å². The molecule has 198 valence electrons. The van der Waals surface area contributed by atoms with E-state index in [0.29, 0.717) is 19.5 Å². The number of hydrogen-bond donors (Lipinski definition) is 5. The molecule has 0 radical (unpaired) electrons. The second-order valence-electron chi connectivity index (χ2n) is 7.79. The van der Waals surface area contributed by atoms with E-state index in [-0.39, 0.29) is 23.2 Å². The Kier molecular flexibility index (Phi) is 8.55. The summed E-state index contributed by atoms with van der Waals surface area (Å²) in [5.41, 5.74) is 1.66. The van der Waals surface area contributed by atoms with Gasteiger partial charge in [-0.15, -0.1) is 0 Å². The number of aromatic nitrogens is 2. The Balaban J connectivity index is 1.79. The molecule has 37 heavy (non-hydrogen) atoms. The van der Waals surface area contributed by atoms with E-state index >= 15 is 0 Å². The molecule has 0 saturated heterocycles. The van der Waals surface area contributed by atoms with Gasteiger partial charge in [0.15, 0.2) is 0 Å². The van der Waals surface area contributed by atoms with Crippen LogP contribution in [0.2, 0.25) is 0 Å². The molecule has 0 atom stereocenters. The van der Waals surface area contributed by atoms with E-state index in [4.69, 9.17) is 5.73 Å². The number of aromatic amines is 1. The summed E-state index contributed by atoms with van der Waals surface area (Å²) in [7, 11) is 0. The van der Waals surface area contributed by atoms with Gasteiger partial charge in [-0.1, -0.05) is 24.3 Å². The summed E-state index contributed by atoms with van der Waals surface area (Å²) >= 11 is 0. The highest BCUT2D eigenvalue weighted by atomic mass is 19.4. The molecule has 8 nitrogen and oxygen atoms in total. The molecule has 0 bridgehead atoms. The summed E-state index contributed by atoms with van der Waals surface area (Å²) in [6.45, 7) is 0.767. The number of carbonyl (C=O) groups excluding carboxylic acids is 1. The quantitative estimate of drug-likeness (QED) is 0.217. The molecule has 0 unspecified atom stereocenters. The number of hydrogen-bond acceptors (Lipinski definition) is 5. The molecule has 3 aromatic rings. The summed E-state index contributed by atoms with van der Waals surface area (Å²) < 4.78 is 80.2. The Morgan fingerprint density at radius 2 is 1.68 bits per heavy atom. The molecule has 6 N–H and O–H groups in total. The molecule has 0 fully saturated rings. The number of nitrogens with one attached hydrogen (secondary N) is 4. The topological polar surface area (TPSA) is 125 Å². The van der Waals surface area contributed by atoms with Gasteiger partial charge < -0.3 is 16.4 Å². The lowest BCUT2D eigenvalue weighted by molar-refractivity contribution is -0.138. The minimum Gasteiger partial charge on any atom is -0.330 e. The summed E-state index contributed by atoms with van der Waals surface area (Å²) in [4.78, 5) is 30.7. The zero-order valence-electron chi connectivity index (χ0n) is 19.1. The van der Waals surface area contributed by atoms with Gasteiger partial charge in [-0.2, -0.15) is 26.3 Å². The van der Waals surface area contributed by atoms with Crippen molar-refractivity contribution in [2.45, 2.75) is 25.3 Å². The number of urea groups is 1. The van der Waals surface area contributed by atoms with Crippen molar-refractivity contribution in [2.24, 2.45) is 5.73 Å². The fourth-order valence-electron chi connectivity index (χ4n) is 3.38. The smallest absolute Gasteiger partial charge is 0.330 e. The fourth-order valence-corrected chi connectivity index (χ4v) is 3.38. The van der Waals surface area contributed by atoms with Crippen LogP contribution in [0.25, 0.3) is 11.1 Å². The molecule has 1 aromatic heterocycles. The highest BCUT2D eigenvalue weighted by Gasteiger charge is 2.34. The second-order valence-corrected chi connectivity index (χ2v) is 7.79. The maximum Gasteiger partial charge on any atom is 0.418 e. The summed E-state index contributed by atoms with van der Waals surface area (Å²) in [6.07, 6.45) is -7.86. The number of carbonyl (C=O) groups is 1. The Morgan fingerprint density at radius 1 is 0.973 bits per heavy atom.